The molecule has 2 atom stereocenters. The van der Waals surface area contributed by atoms with Gasteiger partial charge in [0.15, 0.2) is 0 Å². The van der Waals surface area contributed by atoms with Crippen molar-refractivity contribution in [2.45, 2.75) is 45.1 Å². The summed E-state index contributed by atoms with van der Waals surface area (Å²) in [4.78, 5) is 0. The zero-order valence-electron chi connectivity index (χ0n) is 12.3. The number of anilines is 1. The zero-order chi connectivity index (χ0) is 14.8. The summed E-state index contributed by atoms with van der Waals surface area (Å²) < 4.78 is 0.924. The minimum absolute atomic E-state index is 0.0282. The number of hydrogen-bond donors (Lipinski definition) is 2. The summed E-state index contributed by atoms with van der Waals surface area (Å²) in [6, 6.07) is 5.99. The van der Waals surface area contributed by atoms with Crippen molar-refractivity contribution in [2.75, 3.05) is 11.9 Å². The molecule has 0 aromatic heterocycles. The summed E-state index contributed by atoms with van der Waals surface area (Å²) in [5.41, 5.74) is 7.24. The van der Waals surface area contributed by atoms with Crippen LogP contribution in [0.15, 0.2) is 22.7 Å². The first-order chi connectivity index (χ1) is 9.46. The van der Waals surface area contributed by atoms with E-state index in [1.54, 1.807) is 0 Å². The van der Waals surface area contributed by atoms with Gasteiger partial charge in [-0.2, -0.15) is 0 Å². The molecule has 1 aliphatic carbocycles. The normalized spacial score (nSPS) is 26.8. The number of rotatable bonds is 4. The van der Waals surface area contributed by atoms with Gasteiger partial charge in [0, 0.05) is 22.2 Å². The molecular weight excluding hydrogens is 336 g/mol. The lowest BCUT2D eigenvalue weighted by Gasteiger charge is -2.43. The maximum Gasteiger partial charge on any atom is 0.0549 e. The fourth-order valence-electron chi connectivity index (χ4n) is 3.21. The Kier molecular flexibility index (Phi) is 5.38. The average Bonchev–Trinajstić information content (AvgIpc) is 2.43. The molecule has 0 aliphatic heterocycles. The Hall–Kier alpha value is -0.250. The van der Waals surface area contributed by atoms with Crippen LogP contribution in [0.3, 0.4) is 0 Å². The van der Waals surface area contributed by atoms with Gasteiger partial charge in [-0.05, 0) is 58.8 Å². The topological polar surface area (TPSA) is 38.0 Å². The van der Waals surface area contributed by atoms with Crippen molar-refractivity contribution in [3.63, 3.8) is 0 Å². The van der Waals surface area contributed by atoms with Crippen LogP contribution in [0, 0.1) is 11.8 Å². The van der Waals surface area contributed by atoms with Crippen molar-refractivity contribution in [1.29, 1.82) is 0 Å². The maximum atomic E-state index is 6.12. The molecule has 2 rings (SSSR count). The van der Waals surface area contributed by atoms with Crippen molar-refractivity contribution in [3.05, 3.63) is 27.7 Å². The van der Waals surface area contributed by atoms with Gasteiger partial charge in [-0.3, -0.25) is 0 Å². The lowest BCUT2D eigenvalue weighted by atomic mass is 9.71. The summed E-state index contributed by atoms with van der Waals surface area (Å²) in [7, 11) is 0. The predicted octanol–water partition coefficient (Wildman–Crippen LogP) is 5.06. The Morgan fingerprint density at radius 3 is 2.85 bits per heavy atom. The fraction of sp³-hybridized carbons (Fsp3) is 0.625. The molecule has 0 radical (unpaired) electrons. The second-order valence-electron chi connectivity index (χ2n) is 6.34. The number of benzene rings is 1. The molecule has 1 aromatic rings. The van der Waals surface area contributed by atoms with Crippen LogP contribution in [0.5, 0.6) is 0 Å². The molecule has 0 heterocycles. The highest BCUT2D eigenvalue weighted by Crippen LogP contribution is 2.38. The smallest absolute Gasteiger partial charge is 0.0549 e. The van der Waals surface area contributed by atoms with Crippen molar-refractivity contribution in [1.82, 2.24) is 0 Å². The number of nitrogens with two attached hydrogens (primary N) is 1. The van der Waals surface area contributed by atoms with E-state index in [0.29, 0.717) is 6.54 Å². The Morgan fingerprint density at radius 2 is 2.25 bits per heavy atom. The molecule has 0 saturated heterocycles. The third kappa shape index (κ3) is 3.69. The van der Waals surface area contributed by atoms with Crippen LogP contribution in [0.25, 0.3) is 0 Å². The van der Waals surface area contributed by atoms with Gasteiger partial charge in [0.2, 0.25) is 0 Å². The zero-order valence-corrected chi connectivity index (χ0v) is 14.6. The van der Waals surface area contributed by atoms with Gasteiger partial charge in [-0.1, -0.05) is 38.3 Å². The van der Waals surface area contributed by atoms with Gasteiger partial charge in [-0.15, -0.1) is 0 Å². The molecule has 1 fully saturated rings. The van der Waals surface area contributed by atoms with E-state index in [9.17, 15) is 0 Å². The molecule has 4 heteroatoms. The van der Waals surface area contributed by atoms with E-state index in [-0.39, 0.29) is 5.54 Å². The van der Waals surface area contributed by atoms with Crippen LogP contribution in [0.4, 0.5) is 5.69 Å². The summed E-state index contributed by atoms with van der Waals surface area (Å²) in [6.07, 6.45) is 4.88. The number of nitrogens with one attached hydrogen (secondary N) is 1. The molecule has 0 spiro atoms. The molecule has 20 heavy (non-hydrogen) atoms. The van der Waals surface area contributed by atoms with Crippen molar-refractivity contribution in [3.8, 4) is 0 Å². The monoisotopic (exact) mass is 358 g/mol. The second kappa shape index (κ2) is 6.67. The quantitative estimate of drug-likeness (QED) is 0.788. The lowest BCUT2D eigenvalue weighted by molar-refractivity contribution is 0.203. The highest BCUT2D eigenvalue weighted by atomic mass is 79.9. The molecule has 1 aliphatic rings. The first-order valence-electron chi connectivity index (χ1n) is 7.39. The van der Waals surface area contributed by atoms with Crippen LogP contribution < -0.4 is 11.1 Å². The predicted molar refractivity (Wildman–Crippen MR) is 91.4 cm³/mol. The molecular formula is C16H24BrClN2. The Morgan fingerprint density at radius 1 is 1.50 bits per heavy atom. The lowest BCUT2D eigenvalue weighted by Crippen LogP contribution is -2.49. The first-order valence-corrected chi connectivity index (χ1v) is 8.56. The number of hydrogen-bond acceptors (Lipinski definition) is 2. The van der Waals surface area contributed by atoms with Gasteiger partial charge in [-0.25, -0.2) is 0 Å². The van der Waals surface area contributed by atoms with Crippen LogP contribution >= 0.6 is 27.5 Å². The van der Waals surface area contributed by atoms with Crippen molar-refractivity contribution in [2.24, 2.45) is 17.6 Å². The largest absolute Gasteiger partial charge is 0.378 e. The van der Waals surface area contributed by atoms with E-state index >= 15 is 0 Å². The molecule has 0 amide bonds. The van der Waals surface area contributed by atoms with E-state index in [1.165, 1.54) is 12.8 Å². The van der Waals surface area contributed by atoms with E-state index in [2.05, 4.69) is 35.1 Å². The Balaban J connectivity index is 2.16. The highest BCUT2D eigenvalue weighted by Gasteiger charge is 2.36. The molecule has 112 valence electrons. The van der Waals surface area contributed by atoms with Gasteiger partial charge < -0.3 is 11.1 Å². The van der Waals surface area contributed by atoms with Crippen LogP contribution in [-0.4, -0.2) is 12.1 Å². The molecule has 2 nitrogen and oxygen atoms in total. The third-order valence-corrected chi connectivity index (χ3v) is 5.76. The van der Waals surface area contributed by atoms with E-state index in [1.807, 2.05) is 18.2 Å². The van der Waals surface area contributed by atoms with Crippen LogP contribution in [-0.2, 0) is 0 Å². The SMILES string of the molecule is CC(C)C1CCCC(CN)(Nc2ccc(Cl)c(Br)c2)C1. The second-order valence-corrected chi connectivity index (χ2v) is 7.60. The molecule has 1 aromatic carbocycles. The molecule has 0 bridgehead atoms. The van der Waals surface area contributed by atoms with Gasteiger partial charge in [0.25, 0.3) is 0 Å². The van der Waals surface area contributed by atoms with Crippen LogP contribution in [0.1, 0.15) is 39.5 Å². The minimum Gasteiger partial charge on any atom is -0.378 e. The highest BCUT2D eigenvalue weighted by molar-refractivity contribution is 9.10. The van der Waals surface area contributed by atoms with Crippen molar-refractivity contribution < 1.29 is 0 Å². The Bertz CT molecular complexity index is 464. The summed E-state index contributed by atoms with van der Waals surface area (Å²) in [6.45, 7) is 5.31. The summed E-state index contributed by atoms with van der Waals surface area (Å²) >= 11 is 9.54. The Labute approximate surface area is 135 Å². The average molecular weight is 360 g/mol. The number of halogens is 2. The molecule has 3 N–H and O–H groups in total. The standard InChI is InChI=1S/C16H24BrClN2/c1-11(2)12-4-3-7-16(9-12,10-19)20-13-5-6-15(18)14(17)8-13/h5-6,8,11-12,20H,3-4,7,9-10,19H2,1-2H3. The molecule has 2 unspecified atom stereocenters. The van der Waals surface area contributed by atoms with Crippen LogP contribution in [0.2, 0.25) is 5.02 Å². The van der Waals surface area contributed by atoms with E-state index < -0.39 is 0 Å². The summed E-state index contributed by atoms with van der Waals surface area (Å²) in [5, 5.41) is 4.42. The van der Waals surface area contributed by atoms with Gasteiger partial charge in [0.1, 0.15) is 0 Å². The maximum absolute atomic E-state index is 6.12. The third-order valence-electron chi connectivity index (χ3n) is 4.55. The van der Waals surface area contributed by atoms with E-state index in [4.69, 9.17) is 17.3 Å². The molecule has 1 saturated carbocycles. The van der Waals surface area contributed by atoms with Gasteiger partial charge in [0.05, 0.1) is 5.02 Å². The summed E-state index contributed by atoms with van der Waals surface area (Å²) in [5.74, 6) is 1.48. The first kappa shape index (κ1) is 16.1. The van der Waals surface area contributed by atoms with E-state index in [0.717, 1.165) is 39.9 Å². The minimum atomic E-state index is 0.0282. The van der Waals surface area contributed by atoms with Crippen molar-refractivity contribution >= 4 is 33.2 Å². The van der Waals surface area contributed by atoms with Gasteiger partial charge >= 0.3 is 0 Å². The fourth-order valence-corrected chi connectivity index (χ4v) is 3.70.